The number of carbonyl (C=O) groups is 1. The van der Waals surface area contributed by atoms with Crippen molar-refractivity contribution in [1.29, 1.82) is 0 Å². The monoisotopic (exact) mass is 359 g/mol. The lowest BCUT2D eigenvalue weighted by atomic mass is 10.0. The van der Waals surface area contributed by atoms with Gasteiger partial charge in [-0.25, -0.2) is 0 Å². The Labute approximate surface area is 160 Å². The Morgan fingerprint density at radius 2 is 1.63 bits per heavy atom. The second-order valence-corrected chi connectivity index (χ2v) is 6.97. The van der Waals surface area contributed by atoms with Crippen LogP contribution in [0.25, 0.3) is 0 Å². The fourth-order valence-corrected chi connectivity index (χ4v) is 3.28. The van der Waals surface area contributed by atoms with E-state index >= 15 is 0 Å². The van der Waals surface area contributed by atoms with Gasteiger partial charge in [0.1, 0.15) is 0 Å². The van der Waals surface area contributed by atoms with E-state index in [0.717, 1.165) is 22.5 Å². The zero-order valence-electron chi connectivity index (χ0n) is 16.2. The van der Waals surface area contributed by atoms with Gasteiger partial charge >= 0.3 is 0 Å². The van der Waals surface area contributed by atoms with Crippen LogP contribution in [0.1, 0.15) is 45.6 Å². The molecule has 0 aliphatic heterocycles. The molecule has 3 aromatic rings. The van der Waals surface area contributed by atoms with Gasteiger partial charge in [-0.3, -0.25) is 9.78 Å². The minimum Gasteiger partial charge on any atom is -0.377 e. The summed E-state index contributed by atoms with van der Waals surface area (Å²) in [7, 11) is 0. The molecule has 4 nitrogen and oxygen atoms in total. The Balaban J connectivity index is 1.76. The average Bonchev–Trinajstić information content (AvgIpc) is 2.65. The van der Waals surface area contributed by atoms with E-state index in [1.165, 1.54) is 11.1 Å². The number of anilines is 2. The molecule has 1 amide bonds. The Bertz CT molecular complexity index is 928. The van der Waals surface area contributed by atoms with E-state index in [9.17, 15) is 4.79 Å². The topological polar surface area (TPSA) is 54.0 Å². The van der Waals surface area contributed by atoms with Crippen molar-refractivity contribution in [2.75, 3.05) is 10.6 Å². The highest BCUT2D eigenvalue weighted by Gasteiger charge is 2.12. The maximum absolute atomic E-state index is 12.7. The van der Waals surface area contributed by atoms with Gasteiger partial charge in [-0.2, -0.15) is 0 Å². The molecular formula is C23H25N3O. The molecule has 138 valence electrons. The maximum Gasteiger partial charge on any atom is 0.257 e. The van der Waals surface area contributed by atoms with Gasteiger partial charge in [0.25, 0.3) is 5.91 Å². The molecule has 1 unspecified atom stereocenters. The van der Waals surface area contributed by atoms with Crippen LogP contribution in [0.4, 0.5) is 11.4 Å². The standard InChI is InChI=1S/C23H25N3O/c1-15-10-16(2)22(17(3)11-15)26-23(27)20-12-21(14-24-13-20)25-18(4)19-8-6-5-7-9-19/h5-14,18,25H,1-4H3,(H,26,27). The number of benzene rings is 2. The van der Waals surface area contributed by atoms with Crippen LogP contribution in [0.15, 0.2) is 60.9 Å². The smallest absolute Gasteiger partial charge is 0.257 e. The normalized spacial score (nSPS) is 11.7. The molecule has 0 spiro atoms. The van der Waals surface area contributed by atoms with Crippen LogP contribution < -0.4 is 10.6 Å². The van der Waals surface area contributed by atoms with Gasteiger partial charge in [-0.05, 0) is 50.5 Å². The first kappa shape index (κ1) is 18.6. The molecule has 1 atom stereocenters. The minimum absolute atomic E-state index is 0.118. The highest BCUT2D eigenvalue weighted by Crippen LogP contribution is 2.23. The second kappa shape index (κ2) is 8.04. The van der Waals surface area contributed by atoms with Crippen molar-refractivity contribution >= 4 is 17.3 Å². The molecule has 2 aromatic carbocycles. The van der Waals surface area contributed by atoms with Crippen molar-refractivity contribution in [2.24, 2.45) is 0 Å². The number of rotatable bonds is 5. The summed E-state index contributed by atoms with van der Waals surface area (Å²) in [5, 5.41) is 6.43. The summed E-state index contributed by atoms with van der Waals surface area (Å²) < 4.78 is 0. The first-order valence-electron chi connectivity index (χ1n) is 9.10. The second-order valence-electron chi connectivity index (χ2n) is 6.97. The molecule has 1 aromatic heterocycles. The summed E-state index contributed by atoms with van der Waals surface area (Å²) >= 11 is 0. The van der Waals surface area contributed by atoms with E-state index in [1.807, 2.05) is 38.1 Å². The lowest BCUT2D eigenvalue weighted by Gasteiger charge is -2.16. The number of nitrogens with one attached hydrogen (secondary N) is 2. The van der Waals surface area contributed by atoms with Crippen LogP contribution in [0, 0.1) is 20.8 Å². The Hall–Kier alpha value is -3.14. The lowest BCUT2D eigenvalue weighted by molar-refractivity contribution is 0.102. The van der Waals surface area contributed by atoms with Gasteiger partial charge in [-0.1, -0.05) is 48.0 Å². The average molecular weight is 359 g/mol. The molecular weight excluding hydrogens is 334 g/mol. The molecule has 3 rings (SSSR count). The third-order valence-electron chi connectivity index (χ3n) is 4.60. The zero-order valence-corrected chi connectivity index (χ0v) is 16.2. The molecule has 27 heavy (non-hydrogen) atoms. The molecule has 0 aliphatic rings. The third kappa shape index (κ3) is 4.53. The quantitative estimate of drug-likeness (QED) is 0.638. The summed E-state index contributed by atoms with van der Waals surface area (Å²) in [5.74, 6) is -0.159. The summed E-state index contributed by atoms with van der Waals surface area (Å²) in [6.07, 6.45) is 3.32. The van der Waals surface area contributed by atoms with Gasteiger partial charge < -0.3 is 10.6 Å². The molecule has 0 fully saturated rings. The Kier molecular flexibility index (Phi) is 5.55. The summed E-state index contributed by atoms with van der Waals surface area (Å²) in [6.45, 7) is 8.15. The first-order chi connectivity index (χ1) is 12.9. The molecule has 0 bridgehead atoms. The highest BCUT2D eigenvalue weighted by molar-refractivity contribution is 6.05. The van der Waals surface area contributed by atoms with Crippen LogP contribution in [0.2, 0.25) is 0 Å². The SMILES string of the molecule is Cc1cc(C)c(NC(=O)c2cncc(NC(C)c3ccccc3)c2)c(C)c1. The van der Waals surface area contributed by atoms with E-state index in [1.54, 1.807) is 12.4 Å². The molecule has 4 heteroatoms. The fourth-order valence-electron chi connectivity index (χ4n) is 3.28. The van der Waals surface area contributed by atoms with E-state index in [0.29, 0.717) is 5.56 Å². The number of aromatic nitrogens is 1. The van der Waals surface area contributed by atoms with Gasteiger partial charge in [0.15, 0.2) is 0 Å². The molecule has 1 heterocycles. The number of amides is 1. The third-order valence-corrected chi connectivity index (χ3v) is 4.60. The van der Waals surface area contributed by atoms with Crippen molar-refractivity contribution in [1.82, 2.24) is 4.98 Å². The van der Waals surface area contributed by atoms with Crippen LogP contribution in [0.5, 0.6) is 0 Å². The van der Waals surface area contributed by atoms with Crippen molar-refractivity contribution in [2.45, 2.75) is 33.7 Å². The number of nitrogens with zero attached hydrogens (tertiary/aromatic N) is 1. The molecule has 0 saturated heterocycles. The predicted molar refractivity (Wildman–Crippen MR) is 111 cm³/mol. The van der Waals surface area contributed by atoms with E-state index in [4.69, 9.17) is 0 Å². The van der Waals surface area contributed by atoms with Crippen LogP contribution in [-0.4, -0.2) is 10.9 Å². The van der Waals surface area contributed by atoms with E-state index in [-0.39, 0.29) is 11.9 Å². The largest absolute Gasteiger partial charge is 0.377 e. The summed E-state index contributed by atoms with van der Waals surface area (Å²) in [6, 6.07) is 16.3. The summed E-state index contributed by atoms with van der Waals surface area (Å²) in [5.41, 5.74) is 6.68. The molecule has 0 saturated carbocycles. The Morgan fingerprint density at radius 3 is 2.30 bits per heavy atom. The van der Waals surface area contributed by atoms with E-state index < -0.39 is 0 Å². The van der Waals surface area contributed by atoms with Crippen molar-refractivity contribution in [3.63, 3.8) is 0 Å². The number of carbonyl (C=O) groups excluding carboxylic acids is 1. The van der Waals surface area contributed by atoms with Gasteiger partial charge in [0, 0.05) is 24.1 Å². The van der Waals surface area contributed by atoms with Crippen LogP contribution >= 0.6 is 0 Å². The van der Waals surface area contributed by atoms with Crippen LogP contribution in [-0.2, 0) is 0 Å². The first-order valence-corrected chi connectivity index (χ1v) is 9.10. The molecule has 2 N–H and O–H groups in total. The minimum atomic E-state index is -0.159. The van der Waals surface area contributed by atoms with Gasteiger partial charge in [0.2, 0.25) is 0 Å². The number of hydrogen-bond acceptors (Lipinski definition) is 3. The fraction of sp³-hybridized carbons (Fsp3) is 0.217. The summed E-state index contributed by atoms with van der Waals surface area (Å²) in [4.78, 5) is 17.0. The van der Waals surface area contributed by atoms with Crippen LogP contribution in [0.3, 0.4) is 0 Å². The van der Waals surface area contributed by atoms with Crippen molar-refractivity contribution in [3.05, 3.63) is 88.7 Å². The van der Waals surface area contributed by atoms with Gasteiger partial charge in [-0.15, -0.1) is 0 Å². The van der Waals surface area contributed by atoms with Crippen molar-refractivity contribution in [3.8, 4) is 0 Å². The van der Waals surface area contributed by atoms with Crippen molar-refractivity contribution < 1.29 is 4.79 Å². The number of aryl methyl sites for hydroxylation is 3. The van der Waals surface area contributed by atoms with Gasteiger partial charge in [0.05, 0.1) is 11.3 Å². The zero-order chi connectivity index (χ0) is 19.4. The lowest BCUT2D eigenvalue weighted by Crippen LogP contribution is -2.15. The molecule has 0 radical (unpaired) electrons. The predicted octanol–water partition coefficient (Wildman–Crippen LogP) is 5.43. The molecule has 0 aliphatic carbocycles. The maximum atomic E-state index is 12.7. The Morgan fingerprint density at radius 1 is 0.963 bits per heavy atom. The highest BCUT2D eigenvalue weighted by atomic mass is 16.1. The number of pyridine rings is 1. The number of hydrogen-bond donors (Lipinski definition) is 2. The van der Waals surface area contributed by atoms with E-state index in [2.05, 4.69) is 53.7 Å².